The lowest BCUT2D eigenvalue weighted by Crippen LogP contribution is -2.12. The van der Waals surface area contributed by atoms with Gasteiger partial charge >= 0.3 is 0 Å². The first-order chi connectivity index (χ1) is 16.5. The highest BCUT2D eigenvalue weighted by atomic mass is 16.5. The summed E-state index contributed by atoms with van der Waals surface area (Å²) < 4.78 is 16.3. The maximum absolute atomic E-state index is 12.3. The van der Waals surface area contributed by atoms with E-state index in [-0.39, 0.29) is 12.5 Å². The minimum absolute atomic E-state index is 0.0472. The summed E-state index contributed by atoms with van der Waals surface area (Å²) in [6.07, 6.45) is 1.05. The van der Waals surface area contributed by atoms with Crippen LogP contribution in [0.1, 0.15) is 29.0 Å². The Bertz CT molecular complexity index is 1250. The zero-order valence-corrected chi connectivity index (χ0v) is 19.5. The number of rotatable bonds is 9. The normalized spacial score (nSPS) is 10.7. The number of benzene rings is 3. The van der Waals surface area contributed by atoms with Gasteiger partial charge in [-0.25, -0.2) is 0 Å². The van der Waals surface area contributed by atoms with Crippen LogP contribution in [0.25, 0.3) is 11.4 Å². The molecule has 0 aliphatic heterocycles. The van der Waals surface area contributed by atoms with Gasteiger partial charge in [0.15, 0.2) is 6.61 Å². The lowest BCUT2D eigenvalue weighted by Gasteiger charge is -2.08. The van der Waals surface area contributed by atoms with Crippen molar-refractivity contribution in [2.75, 3.05) is 12.4 Å². The molecule has 1 N–H and O–H groups in total. The van der Waals surface area contributed by atoms with Gasteiger partial charge in [0.25, 0.3) is 5.89 Å². The predicted octanol–water partition coefficient (Wildman–Crippen LogP) is 5.51. The van der Waals surface area contributed by atoms with Crippen LogP contribution in [0.3, 0.4) is 0 Å². The smallest absolute Gasteiger partial charge is 0.264 e. The number of hydrogen-bond acceptors (Lipinski definition) is 6. The number of aryl methyl sites for hydroxylation is 2. The number of carbonyl (C=O) groups excluding carboxylic acids is 1. The Hall–Kier alpha value is -4.13. The second kappa shape index (κ2) is 10.7. The number of methoxy groups -OCH3 is 1. The van der Waals surface area contributed by atoms with Crippen molar-refractivity contribution < 1.29 is 18.8 Å². The first-order valence-corrected chi connectivity index (χ1v) is 11.1. The third kappa shape index (κ3) is 5.81. The van der Waals surface area contributed by atoms with Gasteiger partial charge in [0, 0.05) is 17.7 Å². The van der Waals surface area contributed by atoms with Crippen molar-refractivity contribution in [3.63, 3.8) is 0 Å². The van der Waals surface area contributed by atoms with Crippen LogP contribution in [0, 0.1) is 13.8 Å². The summed E-state index contributed by atoms with van der Waals surface area (Å²) in [6.45, 7) is 4.25. The maximum Gasteiger partial charge on any atom is 0.264 e. The summed E-state index contributed by atoms with van der Waals surface area (Å²) in [5.74, 6) is 2.42. The van der Waals surface area contributed by atoms with E-state index in [2.05, 4.69) is 15.5 Å². The molecule has 0 atom stereocenters. The largest absolute Gasteiger partial charge is 0.497 e. The summed E-state index contributed by atoms with van der Waals surface area (Å²) >= 11 is 0. The van der Waals surface area contributed by atoms with E-state index < -0.39 is 0 Å². The SMILES string of the molecule is COc1ccc(CCC(=O)Nc2ccc(-c3noc(COc4cccc(C)c4C)n3)cc2)cc1. The summed E-state index contributed by atoms with van der Waals surface area (Å²) in [4.78, 5) is 16.7. The van der Waals surface area contributed by atoms with Gasteiger partial charge in [0.1, 0.15) is 11.5 Å². The predicted molar refractivity (Wildman–Crippen MR) is 130 cm³/mol. The molecule has 0 unspecified atom stereocenters. The van der Waals surface area contributed by atoms with E-state index in [1.54, 1.807) is 7.11 Å². The maximum atomic E-state index is 12.3. The molecular formula is C27H27N3O4. The van der Waals surface area contributed by atoms with Crippen molar-refractivity contribution in [3.8, 4) is 22.9 Å². The molecular weight excluding hydrogens is 430 g/mol. The Morgan fingerprint density at radius 2 is 1.76 bits per heavy atom. The standard InChI is InChI=1S/C27H27N3O4/c1-18-5-4-6-24(19(18)2)33-17-26-29-27(30-34-26)21-10-12-22(13-11-21)28-25(31)16-9-20-7-14-23(32-3)15-8-20/h4-8,10-15H,9,16-17H2,1-3H3,(H,28,31). The van der Waals surface area contributed by atoms with Gasteiger partial charge in [-0.3, -0.25) is 4.79 Å². The van der Waals surface area contributed by atoms with Crippen molar-refractivity contribution in [3.05, 3.63) is 89.3 Å². The first-order valence-electron chi connectivity index (χ1n) is 11.1. The number of nitrogens with zero attached hydrogens (tertiary/aromatic N) is 2. The molecule has 1 heterocycles. The molecule has 0 spiro atoms. The van der Waals surface area contributed by atoms with E-state index >= 15 is 0 Å². The van der Waals surface area contributed by atoms with E-state index in [0.717, 1.165) is 33.8 Å². The van der Waals surface area contributed by atoms with Gasteiger partial charge < -0.3 is 19.3 Å². The van der Waals surface area contributed by atoms with E-state index in [1.807, 2.05) is 80.6 Å². The number of aromatic nitrogens is 2. The first kappa shape index (κ1) is 23.0. The minimum Gasteiger partial charge on any atom is -0.497 e. The third-order valence-corrected chi connectivity index (χ3v) is 5.60. The van der Waals surface area contributed by atoms with Crippen molar-refractivity contribution in [1.29, 1.82) is 0 Å². The molecule has 174 valence electrons. The second-order valence-electron chi connectivity index (χ2n) is 7.97. The molecule has 4 aromatic rings. The molecule has 0 fully saturated rings. The van der Waals surface area contributed by atoms with Crippen LogP contribution in [0.4, 0.5) is 5.69 Å². The fourth-order valence-electron chi connectivity index (χ4n) is 3.43. The molecule has 0 saturated carbocycles. The fraction of sp³-hybridized carbons (Fsp3) is 0.222. The number of carbonyl (C=O) groups is 1. The van der Waals surface area contributed by atoms with Crippen LogP contribution in [0.2, 0.25) is 0 Å². The van der Waals surface area contributed by atoms with Crippen molar-refractivity contribution in [1.82, 2.24) is 10.1 Å². The van der Waals surface area contributed by atoms with E-state index in [0.29, 0.717) is 30.2 Å². The van der Waals surface area contributed by atoms with Gasteiger partial charge in [-0.2, -0.15) is 4.98 Å². The second-order valence-corrected chi connectivity index (χ2v) is 7.97. The molecule has 1 amide bonds. The monoisotopic (exact) mass is 457 g/mol. The number of ether oxygens (including phenoxy) is 2. The Kier molecular flexibility index (Phi) is 7.22. The molecule has 1 aromatic heterocycles. The lowest BCUT2D eigenvalue weighted by atomic mass is 10.1. The molecule has 0 bridgehead atoms. The number of nitrogens with one attached hydrogen (secondary N) is 1. The lowest BCUT2D eigenvalue weighted by molar-refractivity contribution is -0.116. The molecule has 0 aliphatic carbocycles. The van der Waals surface area contributed by atoms with Gasteiger partial charge in [0.2, 0.25) is 11.7 Å². The molecule has 0 saturated heterocycles. The van der Waals surface area contributed by atoms with Crippen molar-refractivity contribution >= 4 is 11.6 Å². The number of hydrogen-bond donors (Lipinski definition) is 1. The Morgan fingerprint density at radius 1 is 1.00 bits per heavy atom. The highest BCUT2D eigenvalue weighted by Gasteiger charge is 2.11. The molecule has 7 nitrogen and oxygen atoms in total. The van der Waals surface area contributed by atoms with Crippen molar-refractivity contribution in [2.24, 2.45) is 0 Å². The van der Waals surface area contributed by atoms with Crippen LogP contribution in [0.5, 0.6) is 11.5 Å². The van der Waals surface area contributed by atoms with Crippen LogP contribution >= 0.6 is 0 Å². The Labute approximate surface area is 198 Å². The molecule has 34 heavy (non-hydrogen) atoms. The average molecular weight is 458 g/mol. The summed E-state index contributed by atoms with van der Waals surface area (Å²) in [7, 11) is 1.63. The summed E-state index contributed by atoms with van der Waals surface area (Å²) in [6, 6.07) is 21.0. The van der Waals surface area contributed by atoms with Crippen LogP contribution in [-0.2, 0) is 17.8 Å². The van der Waals surface area contributed by atoms with E-state index in [9.17, 15) is 4.79 Å². The highest BCUT2D eigenvalue weighted by molar-refractivity contribution is 5.91. The van der Waals surface area contributed by atoms with E-state index in [4.69, 9.17) is 14.0 Å². The topological polar surface area (TPSA) is 86.5 Å². The quantitative estimate of drug-likeness (QED) is 0.357. The van der Waals surface area contributed by atoms with Gasteiger partial charge in [-0.15, -0.1) is 0 Å². The summed E-state index contributed by atoms with van der Waals surface area (Å²) in [5, 5.41) is 6.96. The van der Waals surface area contributed by atoms with Gasteiger partial charge in [-0.05, 0) is 79.4 Å². The van der Waals surface area contributed by atoms with Gasteiger partial charge in [0.05, 0.1) is 7.11 Å². The molecule has 4 rings (SSSR count). The van der Waals surface area contributed by atoms with Crippen molar-refractivity contribution in [2.45, 2.75) is 33.3 Å². The molecule has 7 heteroatoms. The summed E-state index contributed by atoms with van der Waals surface area (Å²) in [5.41, 5.74) is 4.84. The zero-order valence-electron chi connectivity index (χ0n) is 19.5. The average Bonchev–Trinajstić information content (AvgIpc) is 3.33. The zero-order chi connectivity index (χ0) is 23.9. The van der Waals surface area contributed by atoms with Crippen LogP contribution in [-0.4, -0.2) is 23.2 Å². The van der Waals surface area contributed by atoms with Crippen LogP contribution < -0.4 is 14.8 Å². The number of anilines is 1. The molecule has 0 radical (unpaired) electrons. The van der Waals surface area contributed by atoms with Crippen LogP contribution in [0.15, 0.2) is 71.3 Å². The Morgan fingerprint density at radius 3 is 2.50 bits per heavy atom. The van der Waals surface area contributed by atoms with Gasteiger partial charge in [-0.1, -0.05) is 29.4 Å². The van der Waals surface area contributed by atoms with E-state index in [1.165, 1.54) is 0 Å². The Balaban J connectivity index is 1.29. The molecule has 3 aromatic carbocycles. The highest BCUT2D eigenvalue weighted by Crippen LogP contribution is 2.23. The number of amides is 1. The third-order valence-electron chi connectivity index (χ3n) is 5.60. The fourth-order valence-corrected chi connectivity index (χ4v) is 3.43. The minimum atomic E-state index is -0.0472. The molecule has 0 aliphatic rings.